The fourth-order valence-corrected chi connectivity index (χ4v) is 7.52. The molecular weight excluding hydrogens is 795 g/mol. The van der Waals surface area contributed by atoms with Gasteiger partial charge in [-0.1, -0.05) is 97.1 Å². The summed E-state index contributed by atoms with van der Waals surface area (Å²) >= 11 is 0. The predicted molar refractivity (Wildman–Crippen MR) is 227 cm³/mol. The smallest absolute Gasteiger partial charge is 0.266 e. The van der Waals surface area contributed by atoms with Crippen LogP contribution in [0.25, 0.3) is 43.6 Å². The summed E-state index contributed by atoms with van der Waals surface area (Å²) in [6.07, 6.45) is 3.90. The van der Waals surface area contributed by atoms with Crippen molar-refractivity contribution in [3.8, 4) is 11.5 Å². The first-order valence-electron chi connectivity index (χ1n) is 19.4. The maximum atomic E-state index is 13.6. The second kappa shape index (κ2) is 18.8. The molecule has 0 spiro atoms. The van der Waals surface area contributed by atoms with Gasteiger partial charge in [-0.05, 0) is 82.2 Å². The number of nitrogens with one attached hydrogen (secondary N) is 2. The van der Waals surface area contributed by atoms with E-state index in [1.807, 2.05) is 119 Å². The molecule has 60 heavy (non-hydrogen) atoms. The van der Waals surface area contributed by atoms with Crippen molar-refractivity contribution in [2.75, 3.05) is 23.8 Å². The first-order chi connectivity index (χ1) is 28.5. The third-order valence-electron chi connectivity index (χ3n) is 10.3. The van der Waals surface area contributed by atoms with E-state index >= 15 is 0 Å². The highest BCUT2D eigenvalue weighted by molar-refractivity contribution is 5.99. The number of carbonyl (C=O) groups is 2. The van der Waals surface area contributed by atoms with Gasteiger partial charge in [-0.15, -0.1) is 0 Å². The van der Waals surface area contributed by atoms with Gasteiger partial charge in [-0.2, -0.15) is 0 Å². The average molecular weight is 838 g/mol. The van der Waals surface area contributed by atoms with Crippen LogP contribution in [-0.4, -0.2) is 34.2 Å². The number of carbonyl (C=O) groups excluding carboxylic acids is 2. The Kier molecular flexibility index (Phi) is 12.9. The van der Waals surface area contributed by atoms with E-state index < -0.39 is 0 Å². The van der Waals surface area contributed by atoms with E-state index in [-0.39, 0.29) is 49.7 Å². The number of halogens is 2. The van der Waals surface area contributed by atoms with Gasteiger partial charge in [0.05, 0.1) is 11.4 Å². The predicted octanol–water partition coefficient (Wildman–Crippen LogP) is 1.92. The maximum Gasteiger partial charge on any atom is 0.266 e. The molecule has 0 radical (unpaired) electrons. The number of imidazole rings is 2. The summed E-state index contributed by atoms with van der Waals surface area (Å²) in [5, 5.41) is 10.7. The molecule has 12 heteroatoms. The van der Waals surface area contributed by atoms with Crippen molar-refractivity contribution in [3.05, 3.63) is 170 Å². The van der Waals surface area contributed by atoms with Crippen molar-refractivity contribution in [2.45, 2.75) is 26.2 Å². The highest BCUT2D eigenvalue weighted by Crippen LogP contribution is 2.24. The number of anilines is 2. The van der Waals surface area contributed by atoms with Crippen LogP contribution in [0.3, 0.4) is 0 Å². The Hall–Kier alpha value is -6.88. The molecule has 0 aliphatic heterocycles. The van der Waals surface area contributed by atoms with Crippen LogP contribution in [0.4, 0.5) is 11.4 Å². The summed E-state index contributed by atoms with van der Waals surface area (Å²) in [5.41, 5.74) is 4.91. The molecule has 2 N–H and O–H groups in total. The number of ether oxygens (including phenoxy) is 2. The van der Waals surface area contributed by atoms with E-state index in [0.29, 0.717) is 37.7 Å². The van der Waals surface area contributed by atoms with E-state index in [4.69, 9.17) is 9.47 Å². The third-order valence-corrected chi connectivity index (χ3v) is 10.3. The molecule has 9 aromatic rings. The number of nitrogens with zero attached hydrogens (tertiary/aromatic N) is 4. The van der Waals surface area contributed by atoms with Gasteiger partial charge in [0, 0.05) is 0 Å². The van der Waals surface area contributed by atoms with Crippen molar-refractivity contribution < 1.29 is 53.0 Å². The lowest BCUT2D eigenvalue weighted by Crippen LogP contribution is -3.00. The molecule has 0 saturated carbocycles. The van der Waals surface area contributed by atoms with Crippen LogP contribution < -0.4 is 54.1 Å². The monoisotopic (exact) mass is 836 g/mol. The zero-order valence-electron chi connectivity index (χ0n) is 32.6. The van der Waals surface area contributed by atoms with E-state index in [0.717, 1.165) is 44.3 Å². The molecule has 0 saturated heterocycles. The molecule has 2 amide bonds. The van der Waals surface area contributed by atoms with Crippen LogP contribution in [0.5, 0.6) is 11.5 Å². The second-order valence-corrected chi connectivity index (χ2v) is 14.2. The summed E-state index contributed by atoms with van der Waals surface area (Å²) in [6, 6.07) is 51.9. The molecule has 2 heterocycles. The minimum Gasteiger partial charge on any atom is -1.00 e. The Morgan fingerprint density at radius 3 is 1.30 bits per heavy atom. The van der Waals surface area contributed by atoms with E-state index in [9.17, 15) is 9.59 Å². The number of aromatic nitrogens is 4. The number of para-hydroxylation sites is 6. The zero-order valence-corrected chi connectivity index (χ0v) is 34.1. The van der Waals surface area contributed by atoms with Gasteiger partial charge >= 0.3 is 0 Å². The SMILES string of the molecule is O=C(C[n+]1cn(CCOc2ccc3ccccc3c2)c2ccccc21)Nc1ccccc1NC(=O)C[n+]1cn(CCOc2ccc3ccccc3c2)c2ccccc21.[Cl-].[Cl-]. The molecule has 302 valence electrons. The highest BCUT2D eigenvalue weighted by atomic mass is 35.5. The normalized spacial score (nSPS) is 10.9. The van der Waals surface area contributed by atoms with Crippen molar-refractivity contribution in [1.82, 2.24) is 9.13 Å². The lowest BCUT2D eigenvalue weighted by atomic mass is 10.1. The number of hydrogen-bond donors (Lipinski definition) is 2. The fourth-order valence-electron chi connectivity index (χ4n) is 7.52. The number of amides is 2. The van der Waals surface area contributed by atoms with Crippen LogP contribution in [0.1, 0.15) is 0 Å². The Labute approximate surface area is 359 Å². The topological polar surface area (TPSA) is 94.3 Å². The molecule has 0 aliphatic rings. The Bertz CT molecular complexity index is 2750. The minimum atomic E-state index is -0.217. The molecular formula is C48H42Cl2N6O4. The van der Waals surface area contributed by atoms with E-state index in [1.165, 1.54) is 10.8 Å². The van der Waals surface area contributed by atoms with Crippen LogP contribution in [0.2, 0.25) is 0 Å². The molecule has 0 fully saturated rings. The fraction of sp³-hybridized carbons (Fsp3) is 0.125. The molecule has 2 aromatic heterocycles. The first kappa shape index (κ1) is 41.3. The van der Waals surface area contributed by atoms with Crippen molar-refractivity contribution in [2.24, 2.45) is 0 Å². The van der Waals surface area contributed by atoms with Crippen LogP contribution in [0.15, 0.2) is 170 Å². The summed E-state index contributed by atoms with van der Waals surface area (Å²) in [6.45, 7) is 2.31. The summed E-state index contributed by atoms with van der Waals surface area (Å²) in [7, 11) is 0. The van der Waals surface area contributed by atoms with Gasteiger partial charge in [0.2, 0.25) is 12.7 Å². The quantitative estimate of drug-likeness (QED) is 0.164. The Morgan fingerprint density at radius 2 is 0.850 bits per heavy atom. The van der Waals surface area contributed by atoms with Crippen molar-refractivity contribution >= 4 is 66.8 Å². The van der Waals surface area contributed by atoms with Crippen molar-refractivity contribution in [1.29, 1.82) is 0 Å². The zero-order chi connectivity index (χ0) is 39.3. The molecule has 0 aliphatic carbocycles. The summed E-state index contributed by atoms with van der Waals surface area (Å²) in [5.74, 6) is 1.20. The number of rotatable bonds is 14. The van der Waals surface area contributed by atoms with Crippen LogP contribution in [0, 0.1) is 0 Å². The highest BCUT2D eigenvalue weighted by Gasteiger charge is 2.21. The van der Waals surface area contributed by atoms with Gasteiger partial charge in [0.15, 0.2) is 35.2 Å². The van der Waals surface area contributed by atoms with Crippen LogP contribution >= 0.6 is 0 Å². The number of fused-ring (bicyclic) bond motifs is 4. The molecule has 0 unspecified atom stereocenters. The number of hydrogen-bond acceptors (Lipinski definition) is 4. The molecule has 10 nitrogen and oxygen atoms in total. The largest absolute Gasteiger partial charge is 1.00 e. The lowest BCUT2D eigenvalue weighted by molar-refractivity contribution is -0.659. The first-order valence-corrected chi connectivity index (χ1v) is 19.4. The Balaban J connectivity index is 0.00000272. The van der Waals surface area contributed by atoms with Gasteiger partial charge in [0.1, 0.15) is 37.8 Å². The van der Waals surface area contributed by atoms with Gasteiger partial charge in [-0.25, -0.2) is 18.3 Å². The third kappa shape index (κ3) is 9.20. The molecule has 7 aromatic carbocycles. The number of benzene rings is 7. The van der Waals surface area contributed by atoms with Crippen molar-refractivity contribution in [3.63, 3.8) is 0 Å². The summed E-state index contributed by atoms with van der Waals surface area (Å²) < 4.78 is 20.3. The van der Waals surface area contributed by atoms with Crippen LogP contribution in [-0.2, 0) is 35.8 Å². The molecule has 9 rings (SSSR count). The standard InChI is InChI=1S/C48H40N6O4.2ClH/c55-47(31-53-33-51(43-17-7-9-19-45(43)53)25-27-57-39-23-21-35-11-1-3-13-37(35)29-39)49-41-15-5-6-16-42(41)50-48(56)32-54-34-52(44-18-8-10-20-46(44)54)26-28-58-40-24-22-36-12-2-4-14-38(36)30-40;;/h1-24,29-30,33-34H,25-28,31-32H2;2*1H. The average Bonchev–Trinajstić information content (AvgIpc) is 3.78. The van der Waals surface area contributed by atoms with Gasteiger partial charge in [-0.3, -0.25) is 9.59 Å². The van der Waals surface area contributed by atoms with Gasteiger partial charge < -0.3 is 44.9 Å². The maximum absolute atomic E-state index is 13.6. The van der Waals surface area contributed by atoms with E-state index in [2.05, 4.69) is 68.3 Å². The lowest BCUT2D eigenvalue weighted by Gasteiger charge is -2.11. The second-order valence-electron chi connectivity index (χ2n) is 14.2. The molecule has 0 bridgehead atoms. The molecule has 0 atom stereocenters. The minimum absolute atomic E-state index is 0. The van der Waals surface area contributed by atoms with Gasteiger partial charge in [0.25, 0.3) is 11.8 Å². The van der Waals surface area contributed by atoms with E-state index in [1.54, 1.807) is 12.1 Å². The Morgan fingerprint density at radius 1 is 0.467 bits per heavy atom. The summed E-state index contributed by atoms with van der Waals surface area (Å²) in [4.78, 5) is 27.1.